The molecule has 6 heteroatoms. The molecule has 0 saturated heterocycles. The number of rotatable bonds is 5. The Bertz CT molecular complexity index is 894. The molecule has 1 aromatic heterocycles. The topological polar surface area (TPSA) is 58.2 Å². The molecule has 126 valence electrons. The second-order valence-electron chi connectivity index (χ2n) is 5.32. The van der Waals surface area contributed by atoms with Crippen LogP contribution in [0, 0.1) is 5.82 Å². The smallest absolute Gasteiger partial charge is 0.256 e. The van der Waals surface area contributed by atoms with Gasteiger partial charge in [-0.2, -0.15) is 11.3 Å². The van der Waals surface area contributed by atoms with E-state index < -0.39 is 0 Å². The highest BCUT2D eigenvalue weighted by Gasteiger charge is 2.14. The molecule has 0 fully saturated rings. The number of hydrogen-bond donors (Lipinski definition) is 2. The minimum Gasteiger partial charge on any atom is -0.348 e. The van der Waals surface area contributed by atoms with E-state index in [1.54, 1.807) is 47.8 Å². The van der Waals surface area contributed by atoms with Gasteiger partial charge in [0, 0.05) is 11.9 Å². The third-order valence-electron chi connectivity index (χ3n) is 3.55. The number of carbonyl (C=O) groups excluding carboxylic acids is 2. The van der Waals surface area contributed by atoms with E-state index >= 15 is 0 Å². The van der Waals surface area contributed by atoms with Gasteiger partial charge in [0.15, 0.2) is 0 Å². The molecule has 3 aromatic rings. The molecule has 25 heavy (non-hydrogen) atoms. The van der Waals surface area contributed by atoms with E-state index in [0.29, 0.717) is 22.4 Å². The Morgan fingerprint density at radius 3 is 2.60 bits per heavy atom. The Kier molecular flexibility index (Phi) is 5.20. The first-order valence-corrected chi connectivity index (χ1v) is 8.53. The van der Waals surface area contributed by atoms with Crippen LogP contribution in [0.3, 0.4) is 0 Å². The number of thiophene rings is 1. The third-order valence-corrected chi connectivity index (χ3v) is 4.23. The third kappa shape index (κ3) is 4.30. The summed E-state index contributed by atoms with van der Waals surface area (Å²) in [5.41, 5.74) is 1.98. The van der Waals surface area contributed by atoms with Gasteiger partial charge >= 0.3 is 0 Å². The largest absolute Gasteiger partial charge is 0.348 e. The Morgan fingerprint density at radius 1 is 1.00 bits per heavy atom. The quantitative estimate of drug-likeness (QED) is 0.726. The molecule has 2 amide bonds. The second kappa shape index (κ2) is 7.72. The fourth-order valence-electron chi connectivity index (χ4n) is 2.30. The number of hydrogen-bond acceptors (Lipinski definition) is 3. The average molecular weight is 354 g/mol. The number of carbonyl (C=O) groups is 2. The summed E-state index contributed by atoms with van der Waals surface area (Å²) in [6.45, 7) is 0.198. The summed E-state index contributed by atoms with van der Waals surface area (Å²) in [6, 6.07) is 14.5. The predicted molar refractivity (Wildman–Crippen MR) is 96.3 cm³/mol. The van der Waals surface area contributed by atoms with Crippen LogP contribution < -0.4 is 10.6 Å². The van der Waals surface area contributed by atoms with Gasteiger partial charge in [-0.3, -0.25) is 9.59 Å². The number of para-hydroxylation sites is 1. The van der Waals surface area contributed by atoms with Gasteiger partial charge in [0.1, 0.15) is 5.82 Å². The number of amides is 2. The number of halogens is 1. The van der Waals surface area contributed by atoms with Crippen molar-refractivity contribution in [1.82, 2.24) is 5.32 Å². The van der Waals surface area contributed by atoms with Crippen molar-refractivity contribution >= 4 is 28.8 Å². The van der Waals surface area contributed by atoms with Gasteiger partial charge in [-0.05, 0) is 41.3 Å². The predicted octanol–water partition coefficient (Wildman–Crippen LogP) is 4.07. The summed E-state index contributed by atoms with van der Waals surface area (Å²) >= 11 is 1.43. The Morgan fingerprint density at radius 2 is 1.84 bits per heavy atom. The van der Waals surface area contributed by atoms with Gasteiger partial charge in [0.2, 0.25) is 0 Å². The van der Waals surface area contributed by atoms with Crippen molar-refractivity contribution in [3.05, 3.63) is 87.9 Å². The maximum atomic E-state index is 13.2. The molecule has 0 aliphatic carbocycles. The van der Waals surface area contributed by atoms with Gasteiger partial charge < -0.3 is 10.6 Å². The van der Waals surface area contributed by atoms with Gasteiger partial charge in [-0.1, -0.05) is 24.3 Å². The van der Waals surface area contributed by atoms with Crippen LogP contribution in [0.25, 0.3) is 0 Å². The highest BCUT2D eigenvalue weighted by molar-refractivity contribution is 7.08. The van der Waals surface area contributed by atoms with Gasteiger partial charge in [-0.15, -0.1) is 0 Å². The van der Waals surface area contributed by atoms with E-state index in [1.165, 1.54) is 23.5 Å². The standard InChI is InChI=1S/C19H15FN2O2S/c20-15-5-3-4-13(10-15)11-21-19(24)16-6-1-2-7-17(16)22-18(23)14-8-9-25-12-14/h1-10,12H,11H2,(H,21,24)(H,22,23). The molecule has 0 aliphatic rings. The fraction of sp³-hybridized carbons (Fsp3) is 0.0526. The SMILES string of the molecule is O=C(Nc1ccccc1C(=O)NCc1cccc(F)c1)c1ccsc1. The molecule has 4 nitrogen and oxygen atoms in total. The Hall–Kier alpha value is -2.99. The minimum absolute atomic E-state index is 0.198. The molecule has 0 unspecified atom stereocenters. The number of anilines is 1. The molecule has 0 radical (unpaired) electrons. The Balaban J connectivity index is 1.71. The Labute approximate surface area is 148 Å². The monoisotopic (exact) mass is 354 g/mol. The molecular formula is C19H15FN2O2S. The van der Waals surface area contributed by atoms with Crippen LogP contribution in [0.4, 0.5) is 10.1 Å². The first kappa shape index (κ1) is 16.9. The zero-order valence-corrected chi connectivity index (χ0v) is 14.0. The van der Waals surface area contributed by atoms with E-state index in [0.717, 1.165) is 0 Å². The van der Waals surface area contributed by atoms with Crippen LogP contribution in [0.15, 0.2) is 65.4 Å². The first-order chi connectivity index (χ1) is 12.1. The maximum absolute atomic E-state index is 13.2. The number of nitrogens with one attached hydrogen (secondary N) is 2. The molecule has 0 saturated carbocycles. The fourth-order valence-corrected chi connectivity index (χ4v) is 2.94. The van der Waals surface area contributed by atoms with Gasteiger partial charge in [0.25, 0.3) is 11.8 Å². The van der Waals surface area contributed by atoms with Crippen molar-refractivity contribution in [2.45, 2.75) is 6.54 Å². The van der Waals surface area contributed by atoms with Crippen LogP contribution in [0.5, 0.6) is 0 Å². The van der Waals surface area contributed by atoms with Crippen LogP contribution in [0.2, 0.25) is 0 Å². The first-order valence-electron chi connectivity index (χ1n) is 7.59. The summed E-state index contributed by atoms with van der Waals surface area (Å²) in [5, 5.41) is 9.03. The lowest BCUT2D eigenvalue weighted by atomic mass is 10.1. The summed E-state index contributed by atoms with van der Waals surface area (Å²) in [7, 11) is 0. The average Bonchev–Trinajstić information content (AvgIpc) is 3.15. The van der Waals surface area contributed by atoms with Crippen LogP contribution in [-0.4, -0.2) is 11.8 Å². The van der Waals surface area contributed by atoms with E-state index in [4.69, 9.17) is 0 Å². The van der Waals surface area contributed by atoms with Crippen LogP contribution >= 0.6 is 11.3 Å². The molecule has 1 heterocycles. The van der Waals surface area contributed by atoms with Crippen molar-refractivity contribution < 1.29 is 14.0 Å². The van der Waals surface area contributed by atoms with Gasteiger partial charge in [0.05, 0.1) is 16.8 Å². The summed E-state index contributed by atoms with van der Waals surface area (Å²) in [4.78, 5) is 24.6. The normalized spacial score (nSPS) is 10.3. The molecular weight excluding hydrogens is 339 g/mol. The molecule has 0 spiro atoms. The highest BCUT2D eigenvalue weighted by Crippen LogP contribution is 2.17. The van der Waals surface area contributed by atoms with Crippen molar-refractivity contribution in [3.63, 3.8) is 0 Å². The summed E-state index contributed by atoms with van der Waals surface area (Å²) < 4.78 is 13.2. The lowest BCUT2D eigenvalue weighted by Crippen LogP contribution is -2.24. The van der Waals surface area contributed by atoms with Crippen LogP contribution in [-0.2, 0) is 6.54 Å². The van der Waals surface area contributed by atoms with Crippen LogP contribution in [0.1, 0.15) is 26.3 Å². The maximum Gasteiger partial charge on any atom is 0.256 e. The van der Waals surface area contributed by atoms with Crippen molar-refractivity contribution in [1.29, 1.82) is 0 Å². The molecule has 2 N–H and O–H groups in total. The van der Waals surface area contributed by atoms with E-state index in [-0.39, 0.29) is 24.2 Å². The van der Waals surface area contributed by atoms with E-state index in [9.17, 15) is 14.0 Å². The lowest BCUT2D eigenvalue weighted by molar-refractivity contribution is 0.0951. The van der Waals surface area contributed by atoms with E-state index in [2.05, 4.69) is 10.6 Å². The molecule has 0 bridgehead atoms. The summed E-state index contributed by atoms with van der Waals surface area (Å²) in [6.07, 6.45) is 0. The molecule has 3 rings (SSSR count). The molecule has 0 atom stereocenters. The lowest BCUT2D eigenvalue weighted by Gasteiger charge is -2.11. The number of benzene rings is 2. The van der Waals surface area contributed by atoms with Gasteiger partial charge in [-0.25, -0.2) is 4.39 Å². The zero-order valence-electron chi connectivity index (χ0n) is 13.2. The van der Waals surface area contributed by atoms with Crippen molar-refractivity contribution in [3.8, 4) is 0 Å². The highest BCUT2D eigenvalue weighted by atomic mass is 32.1. The zero-order chi connectivity index (χ0) is 17.6. The van der Waals surface area contributed by atoms with E-state index in [1.807, 2.05) is 5.38 Å². The molecule has 2 aromatic carbocycles. The second-order valence-corrected chi connectivity index (χ2v) is 6.10. The minimum atomic E-state index is -0.352. The van der Waals surface area contributed by atoms with Crippen molar-refractivity contribution in [2.24, 2.45) is 0 Å². The van der Waals surface area contributed by atoms with Crippen molar-refractivity contribution in [2.75, 3.05) is 5.32 Å². The summed E-state index contributed by atoms with van der Waals surface area (Å²) in [5.74, 6) is -0.965. The molecule has 0 aliphatic heterocycles.